The number of hydrogen-bond acceptors (Lipinski definition) is 2. The Hall–Kier alpha value is -1.26. The van der Waals surface area contributed by atoms with Gasteiger partial charge in [-0.05, 0) is 37.5 Å². The van der Waals surface area contributed by atoms with Gasteiger partial charge in [0, 0.05) is 18.4 Å². The molecule has 120 valence electrons. The van der Waals surface area contributed by atoms with Crippen molar-refractivity contribution in [1.29, 1.82) is 0 Å². The Morgan fingerprint density at radius 2 is 1.68 bits per heavy atom. The van der Waals surface area contributed by atoms with Gasteiger partial charge in [-0.25, -0.2) is 0 Å². The van der Waals surface area contributed by atoms with E-state index < -0.39 is 0 Å². The normalized spacial score (nSPS) is 28.7. The van der Waals surface area contributed by atoms with Crippen molar-refractivity contribution in [1.82, 2.24) is 0 Å². The lowest BCUT2D eigenvalue weighted by atomic mass is 9.99. The highest BCUT2D eigenvalue weighted by molar-refractivity contribution is 5.44. The summed E-state index contributed by atoms with van der Waals surface area (Å²) in [5.74, 6) is 1.82. The Morgan fingerprint density at radius 3 is 2.50 bits per heavy atom. The first kappa shape index (κ1) is 14.3. The lowest BCUT2D eigenvalue weighted by Crippen LogP contribution is -3.20. The van der Waals surface area contributed by atoms with E-state index in [0.717, 1.165) is 24.1 Å². The molecule has 4 nitrogen and oxygen atoms in total. The maximum absolute atomic E-state index is 5.49. The lowest BCUT2D eigenvalue weighted by molar-refractivity contribution is -0.965. The van der Waals surface area contributed by atoms with Crippen LogP contribution in [0.25, 0.3) is 0 Å². The fourth-order valence-corrected chi connectivity index (χ4v) is 4.36. The molecule has 1 aromatic rings. The summed E-state index contributed by atoms with van der Waals surface area (Å²) in [6, 6.07) is 7.35. The fraction of sp³-hybridized carbons (Fsp3) is 0.667. The minimum absolute atomic E-state index is 0.371. The number of hydrogen-bond donors (Lipinski definition) is 2. The van der Waals surface area contributed by atoms with Crippen LogP contribution in [0.15, 0.2) is 18.2 Å². The van der Waals surface area contributed by atoms with Gasteiger partial charge in [-0.15, -0.1) is 0 Å². The van der Waals surface area contributed by atoms with Crippen molar-refractivity contribution in [2.45, 2.75) is 44.7 Å². The molecule has 0 radical (unpaired) electrons. The van der Waals surface area contributed by atoms with E-state index in [2.05, 4.69) is 18.2 Å². The third-order valence-corrected chi connectivity index (χ3v) is 5.66. The van der Waals surface area contributed by atoms with E-state index in [4.69, 9.17) is 9.47 Å². The average Bonchev–Trinajstić information content (AvgIpc) is 3.04. The van der Waals surface area contributed by atoms with E-state index in [1.54, 1.807) is 4.90 Å². The second-order valence-electron chi connectivity index (χ2n) is 7.11. The van der Waals surface area contributed by atoms with Crippen molar-refractivity contribution < 1.29 is 19.3 Å². The van der Waals surface area contributed by atoms with E-state index in [1.807, 2.05) is 4.90 Å². The lowest BCUT2D eigenvalue weighted by Gasteiger charge is -2.36. The minimum atomic E-state index is 0.371. The van der Waals surface area contributed by atoms with Crippen molar-refractivity contribution in [2.24, 2.45) is 0 Å². The van der Waals surface area contributed by atoms with Gasteiger partial charge in [0.05, 0.1) is 32.2 Å². The SMILES string of the molecule is c1cc2c(cc1C[NH+]1CCC([NH+]3CCCCC3)CC1)OCO2. The van der Waals surface area contributed by atoms with Crippen LogP contribution in [0, 0.1) is 0 Å². The van der Waals surface area contributed by atoms with E-state index in [-0.39, 0.29) is 0 Å². The van der Waals surface area contributed by atoms with Gasteiger partial charge in [0.25, 0.3) is 0 Å². The quantitative estimate of drug-likeness (QED) is 0.825. The molecule has 22 heavy (non-hydrogen) atoms. The molecule has 4 rings (SSSR count). The third-order valence-electron chi connectivity index (χ3n) is 5.66. The maximum atomic E-state index is 5.49. The topological polar surface area (TPSA) is 27.3 Å². The molecule has 2 fully saturated rings. The standard InChI is InChI=1S/C18H26N2O2/c1-2-8-20(9-3-1)16-6-10-19(11-7-16)13-15-4-5-17-18(12-15)22-14-21-17/h4-5,12,16H,1-3,6-11,13-14H2/p+2. The van der Waals surface area contributed by atoms with Crippen LogP contribution in [0.1, 0.15) is 37.7 Å². The van der Waals surface area contributed by atoms with Gasteiger partial charge in [0.2, 0.25) is 6.79 Å². The summed E-state index contributed by atoms with van der Waals surface area (Å²) in [6.07, 6.45) is 7.14. The van der Waals surface area contributed by atoms with Gasteiger partial charge >= 0.3 is 0 Å². The predicted molar refractivity (Wildman–Crippen MR) is 84.5 cm³/mol. The Kier molecular flexibility index (Phi) is 4.22. The van der Waals surface area contributed by atoms with Crippen LogP contribution >= 0.6 is 0 Å². The summed E-state index contributed by atoms with van der Waals surface area (Å²) in [5, 5.41) is 0. The second kappa shape index (κ2) is 6.47. The number of fused-ring (bicyclic) bond motifs is 1. The number of quaternary nitrogens is 2. The number of likely N-dealkylation sites (tertiary alicyclic amines) is 2. The van der Waals surface area contributed by atoms with Crippen LogP contribution in [0.5, 0.6) is 11.5 Å². The van der Waals surface area contributed by atoms with Crippen LogP contribution in [0.4, 0.5) is 0 Å². The van der Waals surface area contributed by atoms with Gasteiger partial charge < -0.3 is 19.3 Å². The molecular weight excluding hydrogens is 276 g/mol. The zero-order chi connectivity index (χ0) is 14.8. The van der Waals surface area contributed by atoms with Crippen molar-refractivity contribution in [3.8, 4) is 11.5 Å². The first-order valence-electron chi connectivity index (χ1n) is 8.95. The van der Waals surface area contributed by atoms with Gasteiger partial charge in [0.1, 0.15) is 6.54 Å². The van der Waals surface area contributed by atoms with E-state index in [1.165, 1.54) is 63.8 Å². The Balaban J connectivity index is 1.30. The summed E-state index contributed by atoms with van der Waals surface area (Å²) in [6.45, 7) is 6.98. The molecule has 0 aromatic heterocycles. The maximum Gasteiger partial charge on any atom is 0.231 e. The molecule has 0 bridgehead atoms. The Morgan fingerprint density at radius 1 is 0.909 bits per heavy atom. The molecule has 0 aliphatic carbocycles. The molecule has 3 aliphatic rings. The monoisotopic (exact) mass is 304 g/mol. The number of ether oxygens (including phenoxy) is 2. The smallest absolute Gasteiger partial charge is 0.231 e. The number of nitrogens with one attached hydrogen (secondary N) is 2. The second-order valence-corrected chi connectivity index (χ2v) is 7.11. The van der Waals surface area contributed by atoms with Gasteiger partial charge in [-0.1, -0.05) is 0 Å². The zero-order valence-electron chi connectivity index (χ0n) is 13.4. The Bertz CT molecular complexity index is 506. The van der Waals surface area contributed by atoms with E-state index >= 15 is 0 Å². The predicted octanol–water partition coefficient (Wildman–Crippen LogP) is 0.0314. The van der Waals surface area contributed by atoms with Gasteiger partial charge in [0.15, 0.2) is 11.5 Å². The number of benzene rings is 1. The van der Waals surface area contributed by atoms with Gasteiger partial charge in [-0.3, -0.25) is 0 Å². The van der Waals surface area contributed by atoms with E-state index in [0.29, 0.717) is 6.79 Å². The average molecular weight is 304 g/mol. The highest BCUT2D eigenvalue weighted by atomic mass is 16.7. The Labute approximate surface area is 133 Å². The molecule has 3 heterocycles. The first-order valence-corrected chi connectivity index (χ1v) is 8.95. The molecule has 1 aromatic carbocycles. The highest BCUT2D eigenvalue weighted by Gasteiger charge is 2.30. The van der Waals surface area contributed by atoms with Crippen LogP contribution in [0.3, 0.4) is 0 Å². The number of rotatable bonds is 3. The van der Waals surface area contributed by atoms with Crippen LogP contribution < -0.4 is 19.3 Å². The summed E-state index contributed by atoms with van der Waals surface area (Å²) in [4.78, 5) is 3.62. The summed E-state index contributed by atoms with van der Waals surface area (Å²) < 4.78 is 10.9. The van der Waals surface area contributed by atoms with Crippen LogP contribution in [-0.2, 0) is 6.54 Å². The molecule has 2 N–H and O–H groups in total. The third kappa shape index (κ3) is 3.08. The number of piperidine rings is 2. The van der Waals surface area contributed by atoms with E-state index in [9.17, 15) is 0 Å². The van der Waals surface area contributed by atoms with Crippen LogP contribution in [-0.4, -0.2) is 39.0 Å². The largest absolute Gasteiger partial charge is 0.454 e. The molecule has 0 amide bonds. The first-order chi connectivity index (χ1) is 10.9. The van der Waals surface area contributed by atoms with Crippen molar-refractivity contribution in [2.75, 3.05) is 33.0 Å². The van der Waals surface area contributed by atoms with Gasteiger partial charge in [-0.2, -0.15) is 0 Å². The molecule has 2 saturated heterocycles. The molecule has 0 saturated carbocycles. The van der Waals surface area contributed by atoms with Crippen molar-refractivity contribution in [3.63, 3.8) is 0 Å². The molecule has 0 atom stereocenters. The van der Waals surface area contributed by atoms with Crippen LogP contribution in [0.2, 0.25) is 0 Å². The zero-order valence-corrected chi connectivity index (χ0v) is 13.4. The molecule has 0 spiro atoms. The highest BCUT2D eigenvalue weighted by Crippen LogP contribution is 2.32. The van der Waals surface area contributed by atoms with Crippen molar-refractivity contribution in [3.05, 3.63) is 23.8 Å². The molecule has 3 aliphatic heterocycles. The summed E-state index contributed by atoms with van der Waals surface area (Å²) in [5.41, 5.74) is 1.38. The molecule has 4 heteroatoms. The summed E-state index contributed by atoms with van der Waals surface area (Å²) in [7, 11) is 0. The van der Waals surface area contributed by atoms with Crippen molar-refractivity contribution >= 4 is 0 Å². The molecular formula is C18H28N2O2+2. The fourth-order valence-electron chi connectivity index (χ4n) is 4.36. The summed E-state index contributed by atoms with van der Waals surface area (Å²) >= 11 is 0. The minimum Gasteiger partial charge on any atom is -0.454 e. The molecule has 0 unspecified atom stereocenters.